The maximum Gasteiger partial charge on any atom is 0.251 e. The molecule has 2 aromatic carbocycles. The first-order valence-corrected chi connectivity index (χ1v) is 14.1. The van der Waals surface area contributed by atoms with Crippen LogP contribution in [0.15, 0.2) is 42.5 Å². The largest absolute Gasteiger partial charge is 0.494 e. The van der Waals surface area contributed by atoms with Crippen LogP contribution in [0.3, 0.4) is 0 Å². The van der Waals surface area contributed by atoms with Crippen molar-refractivity contribution in [3.63, 3.8) is 0 Å². The van der Waals surface area contributed by atoms with Gasteiger partial charge >= 0.3 is 0 Å². The summed E-state index contributed by atoms with van der Waals surface area (Å²) < 4.78 is 50.8. The Kier molecular flexibility index (Phi) is 7.13. The summed E-state index contributed by atoms with van der Waals surface area (Å²) in [5.74, 6) is -3.25. The van der Waals surface area contributed by atoms with Crippen molar-refractivity contribution in [1.29, 1.82) is 0 Å². The maximum absolute atomic E-state index is 16.1. The summed E-state index contributed by atoms with van der Waals surface area (Å²) >= 11 is 0. The van der Waals surface area contributed by atoms with Crippen LogP contribution in [-0.4, -0.2) is 45.0 Å². The summed E-state index contributed by atoms with van der Waals surface area (Å²) in [7, 11) is 1.46. The van der Waals surface area contributed by atoms with Crippen molar-refractivity contribution in [1.82, 2.24) is 20.5 Å². The third kappa shape index (κ3) is 5.43. The highest BCUT2D eigenvalue weighted by Gasteiger charge is 2.50. The van der Waals surface area contributed by atoms with Gasteiger partial charge in [-0.1, -0.05) is 0 Å². The molecule has 2 aliphatic carbocycles. The van der Waals surface area contributed by atoms with Crippen LogP contribution in [0.4, 0.5) is 13.2 Å². The monoisotopic (exact) mass is 592 g/mol. The molecule has 3 N–H and O–H groups in total. The van der Waals surface area contributed by atoms with Crippen molar-refractivity contribution in [2.75, 3.05) is 13.7 Å². The molecule has 11 heteroatoms. The van der Waals surface area contributed by atoms with E-state index in [1.807, 2.05) is 6.07 Å². The van der Waals surface area contributed by atoms with Gasteiger partial charge in [0.25, 0.3) is 5.91 Å². The van der Waals surface area contributed by atoms with E-state index in [1.54, 1.807) is 6.07 Å². The minimum Gasteiger partial charge on any atom is -0.494 e. The Bertz CT molecular complexity index is 1730. The summed E-state index contributed by atoms with van der Waals surface area (Å²) in [4.78, 5) is 17.6. The molecule has 224 valence electrons. The van der Waals surface area contributed by atoms with Crippen LogP contribution in [0, 0.1) is 23.4 Å². The van der Waals surface area contributed by atoms with E-state index in [9.17, 15) is 19.4 Å². The third-order valence-corrected chi connectivity index (χ3v) is 8.14. The number of benzene rings is 2. The molecule has 2 aromatic heterocycles. The van der Waals surface area contributed by atoms with Gasteiger partial charge in [0.05, 0.1) is 30.5 Å². The van der Waals surface area contributed by atoms with Gasteiger partial charge in [-0.05, 0) is 87.9 Å². The fraction of sp³-hybridized carbons (Fsp3) is 0.375. The molecular formula is C32H31F3N4O4. The van der Waals surface area contributed by atoms with Crippen LogP contribution >= 0.6 is 0 Å². The number of methoxy groups -OCH3 is 1. The topological polar surface area (TPSA) is 117 Å². The molecule has 1 amide bonds. The van der Waals surface area contributed by atoms with Crippen LogP contribution in [-0.2, 0) is 11.2 Å². The number of ether oxygens (including phenoxy) is 1. The lowest BCUT2D eigenvalue weighted by Crippen LogP contribution is -2.44. The number of amides is 1. The van der Waals surface area contributed by atoms with Crippen molar-refractivity contribution in [2.45, 2.75) is 56.7 Å². The van der Waals surface area contributed by atoms with Crippen LogP contribution < -0.4 is 10.1 Å². The second kappa shape index (κ2) is 10.6. The summed E-state index contributed by atoms with van der Waals surface area (Å²) in [5, 5.41) is 34.6. The van der Waals surface area contributed by atoms with Crippen LogP contribution in [0.5, 0.6) is 5.75 Å². The number of fused-ring (bicyclic) bond motifs is 1. The number of halogens is 3. The van der Waals surface area contributed by atoms with Gasteiger partial charge < -0.3 is 20.3 Å². The molecule has 43 heavy (non-hydrogen) atoms. The number of carbonyl (C=O) groups is 1. The van der Waals surface area contributed by atoms with E-state index in [2.05, 4.69) is 20.5 Å². The third-order valence-electron chi connectivity index (χ3n) is 8.14. The second-order valence-corrected chi connectivity index (χ2v) is 11.9. The Balaban J connectivity index is 1.38. The molecule has 1 atom stereocenters. The number of nitrogens with one attached hydrogen (secondary N) is 1. The van der Waals surface area contributed by atoms with Gasteiger partial charge in [-0.25, -0.2) is 18.2 Å². The van der Waals surface area contributed by atoms with E-state index in [0.717, 1.165) is 30.7 Å². The molecule has 6 rings (SSSR count). The van der Waals surface area contributed by atoms with Gasteiger partial charge in [0.15, 0.2) is 11.6 Å². The Morgan fingerprint density at radius 3 is 2.30 bits per heavy atom. The molecule has 0 radical (unpaired) electrons. The summed E-state index contributed by atoms with van der Waals surface area (Å²) in [6.45, 7) is 2.00. The highest BCUT2D eigenvalue weighted by Crippen LogP contribution is 2.47. The summed E-state index contributed by atoms with van der Waals surface area (Å²) in [6.07, 6.45) is 3.09. The number of rotatable bonds is 9. The van der Waals surface area contributed by atoms with E-state index >= 15 is 8.78 Å². The predicted octanol–water partition coefficient (Wildman–Crippen LogP) is 5.25. The minimum absolute atomic E-state index is 0.129. The molecule has 2 heterocycles. The van der Waals surface area contributed by atoms with Crippen molar-refractivity contribution in [3.05, 3.63) is 82.4 Å². The second-order valence-electron chi connectivity index (χ2n) is 11.9. The Morgan fingerprint density at radius 1 is 1.00 bits per heavy atom. The molecule has 0 saturated heterocycles. The molecule has 0 bridgehead atoms. The first-order valence-electron chi connectivity index (χ1n) is 14.1. The van der Waals surface area contributed by atoms with Gasteiger partial charge in [-0.15, -0.1) is 5.10 Å². The van der Waals surface area contributed by atoms with Crippen LogP contribution in [0.25, 0.3) is 22.2 Å². The SMILES string of the molecule is COc1cc(C(=O)NCC(O)(c2nc(-c3ccc(F)cc3)c(F)c(C(C)(C)O)c2F)C2CC2)cc2cc(C3CC3)nnc12. The van der Waals surface area contributed by atoms with E-state index in [4.69, 9.17) is 4.74 Å². The summed E-state index contributed by atoms with van der Waals surface area (Å²) in [6, 6.07) is 9.81. The average Bonchev–Trinajstić information content (AvgIpc) is 3.88. The molecule has 0 spiro atoms. The van der Waals surface area contributed by atoms with Crippen molar-refractivity contribution in [2.24, 2.45) is 5.92 Å². The number of aromatic nitrogens is 3. The predicted molar refractivity (Wildman–Crippen MR) is 152 cm³/mol. The number of nitrogens with zero attached hydrogens (tertiary/aromatic N) is 3. The molecule has 2 fully saturated rings. The van der Waals surface area contributed by atoms with Crippen molar-refractivity contribution < 1.29 is 32.9 Å². The molecule has 0 aliphatic heterocycles. The number of carbonyl (C=O) groups excluding carboxylic acids is 1. The zero-order chi connectivity index (χ0) is 30.7. The summed E-state index contributed by atoms with van der Waals surface area (Å²) in [5.41, 5.74) is -3.87. The van der Waals surface area contributed by atoms with E-state index < -0.39 is 58.3 Å². The Hall–Kier alpha value is -4.09. The number of aliphatic hydroxyl groups is 2. The lowest BCUT2D eigenvalue weighted by Gasteiger charge is -2.31. The quantitative estimate of drug-likeness (QED) is 0.243. The van der Waals surface area contributed by atoms with Crippen LogP contribution in [0.1, 0.15) is 72.8 Å². The normalized spacial score (nSPS) is 16.7. The maximum atomic E-state index is 16.1. The lowest BCUT2D eigenvalue weighted by atomic mass is 9.87. The van der Waals surface area contributed by atoms with Gasteiger partial charge in [-0.2, -0.15) is 5.10 Å². The average molecular weight is 593 g/mol. The van der Waals surface area contributed by atoms with Crippen molar-refractivity contribution in [3.8, 4) is 17.0 Å². The zero-order valence-corrected chi connectivity index (χ0v) is 23.9. The first-order chi connectivity index (χ1) is 20.4. The van der Waals surface area contributed by atoms with Crippen molar-refractivity contribution >= 4 is 16.8 Å². The molecule has 8 nitrogen and oxygen atoms in total. The highest BCUT2D eigenvalue weighted by molar-refractivity contribution is 6.00. The minimum atomic E-state index is -2.03. The Labute approximate surface area is 245 Å². The smallest absolute Gasteiger partial charge is 0.251 e. The highest BCUT2D eigenvalue weighted by atomic mass is 19.1. The Morgan fingerprint density at radius 2 is 1.70 bits per heavy atom. The lowest BCUT2D eigenvalue weighted by molar-refractivity contribution is 0.00419. The van der Waals surface area contributed by atoms with E-state index in [1.165, 1.54) is 39.2 Å². The molecular weight excluding hydrogens is 561 g/mol. The van der Waals surface area contributed by atoms with Gasteiger partial charge in [0.1, 0.15) is 34.1 Å². The fourth-order valence-corrected chi connectivity index (χ4v) is 5.47. The standard InChI is InChI=1S/C32H31F3N4O4/c1-31(2,41)24-25(34)28(17-6-10-21(33)11-7-17)37-29(26(24)35)32(42,20-8-9-20)15-36-30(40)19-12-18-13-22(16-4-5-16)38-39-27(18)23(14-19)43-3/h6-7,10-14,16,20,41-42H,4-5,8-9,15H2,1-3H3,(H,36,40). The number of hydrogen-bond acceptors (Lipinski definition) is 7. The molecule has 2 aliphatic rings. The molecule has 1 unspecified atom stereocenters. The van der Waals surface area contributed by atoms with Crippen LogP contribution in [0.2, 0.25) is 0 Å². The first kappa shape index (κ1) is 29.0. The van der Waals surface area contributed by atoms with E-state index in [-0.39, 0.29) is 16.8 Å². The number of pyridine rings is 1. The fourth-order valence-electron chi connectivity index (χ4n) is 5.47. The zero-order valence-electron chi connectivity index (χ0n) is 23.9. The molecule has 4 aromatic rings. The van der Waals surface area contributed by atoms with E-state index in [0.29, 0.717) is 35.4 Å². The van der Waals surface area contributed by atoms with Gasteiger partial charge in [0.2, 0.25) is 0 Å². The van der Waals surface area contributed by atoms with Gasteiger partial charge in [-0.3, -0.25) is 4.79 Å². The van der Waals surface area contributed by atoms with Gasteiger partial charge in [0, 0.05) is 22.4 Å². The number of hydrogen-bond donors (Lipinski definition) is 3. The molecule has 2 saturated carbocycles.